The first-order valence-corrected chi connectivity index (χ1v) is 8.94. The highest BCUT2D eigenvalue weighted by Gasteiger charge is 2.06. The molecule has 1 aromatic heterocycles. The van der Waals surface area contributed by atoms with Crippen molar-refractivity contribution >= 4 is 6.03 Å². The summed E-state index contributed by atoms with van der Waals surface area (Å²) in [6, 6.07) is 23.5. The zero-order chi connectivity index (χ0) is 18.9. The lowest BCUT2D eigenvalue weighted by Gasteiger charge is -2.12. The largest absolute Gasteiger partial charge is 0.491 e. The van der Waals surface area contributed by atoms with Crippen molar-refractivity contribution in [2.45, 2.75) is 13.5 Å². The van der Waals surface area contributed by atoms with Gasteiger partial charge in [0.15, 0.2) is 0 Å². The van der Waals surface area contributed by atoms with Gasteiger partial charge in [-0.25, -0.2) is 4.79 Å². The number of aromatic nitrogens is 1. The molecular formula is C22H23N3O2. The zero-order valence-corrected chi connectivity index (χ0v) is 15.3. The van der Waals surface area contributed by atoms with Gasteiger partial charge in [0.1, 0.15) is 12.4 Å². The number of pyridine rings is 1. The Kier molecular flexibility index (Phi) is 6.41. The number of urea groups is 1. The molecule has 2 aromatic carbocycles. The number of nitrogens with zero attached hydrogens (tertiary/aromatic N) is 1. The van der Waals surface area contributed by atoms with Crippen LogP contribution in [0, 0.1) is 6.92 Å². The third-order valence-corrected chi connectivity index (χ3v) is 3.99. The lowest BCUT2D eigenvalue weighted by Crippen LogP contribution is -2.37. The molecule has 3 rings (SSSR count). The van der Waals surface area contributed by atoms with Gasteiger partial charge in [0.25, 0.3) is 0 Å². The number of hydrogen-bond acceptors (Lipinski definition) is 3. The Labute approximate surface area is 159 Å². The number of amides is 2. The van der Waals surface area contributed by atoms with Crippen LogP contribution in [0.15, 0.2) is 72.8 Å². The van der Waals surface area contributed by atoms with Crippen molar-refractivity contribution in [2.75, 3.05) is 13.2 Å². The van der Waals surface area contributed by atoms with Gasteiger partial charge in [-0.3, -0.25) is 4.98 Å². The minimum atomic E-state index is -0.238. The monoisotopic (exact) mass is 361 g/mol. The number of para-hydroxylation sites is 1. The van der Waals surface area contributed by atoms with Crippen LogP contribution >= 0.6 is 0 Å². The highest BCUT2D eigenvalue weighted by molar-refractivity contribution is 5.73. The van der Waals surface area contributed by atoms with Crippen LogP contribution in [-0.4, -0.2) is 24.2 Å². The molecule has 0 fully saturated rings. The number of rotatable bonds is 7. The molecule has 0 spiro atoms. The summed E-state index contributed by atoms with van der Waals surface area (Å²) in [6.45, 7) is 3.12. The molecular weight excluding hydrogens is 338 g/mol. The average molecular weight is 361 g/mol. The molecule has 0 radical (unpaired) electrons. The lowest BCUT2D eigenvalue weighted by molar-refractivity contribution is 0.236. The second-order valence-corrected chi connectivity index (χ2v) is 6.09. The van der Waals surface area contributed by atoms with E-state index in [2.05, 4.69) is 15.6 Å². The van der Waals surface area contributed by atoms with Crippen LogP contribution in [0.5, 0.6) is 5.75 Å². The molecule has 0 aliphatic rings. The molecule has 138 valence electrons. The predicted molar refractivity (Wildman–Crippen MR) is 107 cm³/mol. The average Bonchev–Trinajstić information content (AvgIpc) is 2.71. The first-order valence-electron chi connectivity index (χ1n) is 8.94. The van der Waals surface area contributed by atoms with Gasteiger partial charge in [0, 0.05) is 11.3 Å². The van der Waals surface area contributed by atoms with E-state index in [-0.39, 0.29) is 6.03 Å². The lowest BCUT2D eigenvalue weighted by atomic mass is 10.1. The number of benzene rings is 2. The van der Waals surface area contributed by atoms with Gasteiger partial charge in [-0.05, 0) is 30.7 Å². The van der Waals surface area contributed by atoms with E-state index in [9.17, 15) is 4.79 Å². The van der Waals surface area contributed by atoms with Crippen molar-refractivity contribution in [2.24, 2.45) is 0 Å². The molecule has 0 saturated carbocycles. The van der Waals surface area contributed by atoms with E-state index >= 15 is 0 Å². The van der Waals surface area contributed by atoms with Crippen molar-refractivity contribution in [1.29, 1.82) is 0 Å². The van der Waals surface area contributed by atoms with E-state index in [0.29, 0.717) is 19.7 Å². The SMILES string of the molecule is Cc1cccc(CNC(=O)NCCOc2ccccc2-c2ccccc2)n1. The van der Waals surface area contributed by atoms with Gasteiger partial charge in [0.2, 0.25) is 0 Å². The normalized spacial score (nSPS) is 10.3. The summed E-state index contributed by atoms with van der Waals surface area (Å²) in [5.41, 5.74) is 3.90. The number of hydrogen-bond donors (Lipinski definition) is 2. The fourth-order valence-corrected chi connectivity index (χ4v) is 2.71. The minimum absolute atomic E-state index is 0.238. The van der Waals surface area contributed by atoms with Crippen LogP contribution in [0.3, 0.4) is 0 Å². The van der Waals surface area contributed by atoms with E-state index in [0.717, 1.165) is 28.3 Å². The summed E-state index contributed by atoms with van der Waals surface area (Å²) < 4.78 is 5.87. The van der Waals surface area contributed by atoms with Crippen molar-refractivity contribution in [3.63, 3.8) is 0 Å². The number of carbonyl (C=O) groups is 1. The van der Waals surface area contributed by atoms with Crippen LogP contribution in [0.1, 0.15) is 11.4 Å². The third-order valence-electron chi connectivity index (χ3n) is 3.99. The number of nitrogens with one attached hydrogen (secondary N) is 2. The molecule has 0 unspecified atom stereocenters. The van der Waals surface area contributed by atoms with Gasteiger partial charge >= 0.3 is 6.03 Å². The number of carbonyl (C=O) groups excluding carboxylic acids is 1. The van der Waals surface area contributed by atoms with Crippen molar-refractivity contribution in [3.05, 3.63) is 84.2 Å². The van der Waals surface area contributed by atoms with Crippen molar-refractivity contribution in [1.82, 2.24) is 15.6 Å². The zero-order valence-electron chi connectivity index (χ0n) is 15.3. The molecule has 2 N–H and O–H groups in total. The maximum atomic E-state index is 11.9. The molecule has 0 saturated heterocycles. The van der Waals surface area contributed by atoms with E-state index in [1.54, 1.807) is 0 Å². The Morgan fingerprint density at radius 3 is 2.52 bits per heavy atom. The van der Waals surface area contributed by atoms with Crippen molar-refractivity contribution in [3.8, 4) is 16.9 Å². The standard InChI is InChI=1S/C22H23N3O2/c1-17-8-7-11-19(25-17)16-24-22(26)23-14-15-27-21-13-6-5-12-20(21)18-9-3-2-4-10-18/h2-13H,14-16H2,1H3,(H2,23,24,26). The summed E-state index contributed by atoms with van der Waals surface area (Å²) in [6.07, 6.45) is 0. The quantitative estimate of drug-likeness (QED) is 0.627. The number of aryl methyl sites for hydroxylation is 1. The summed E-state index contributed by atoms with van der Waals surface area (Å²) in [5.74, 6) is 0.801. The summed E-state index contributed by atoms with van der Waals surface area (Å²) >= 11 is 0. The first kappa shape index (κ1) is 18.5. The Bertz CT molecular complexity index is 881. The summed E-state index contributed by atoms with van der Waals surface area (Å²) in [7, 11) is 0. The van der Waals surface area contributed by atoms with E-state index in [1.807, 2.05) is 79.7 Å². The third kappa shape index (κ3) is 5.57. The molecule has 2 amide bonds. The molecule has 5 heteroatoms. The second-order valence-electron chi connectivity index (χ2n) is 6.09. The molecule has 1 heterocycles. The van der Waals surface area contributed by atoms with Crippen LogP contribution in [0.2, 0.25) is 0 Å². The maximum absolute atomic E-state index is 11.9. The van der Waals surface area contributed by atoms with Crippen LogP contribution in [-0.2, 0) is 6.54 Å². The number of ether oxygens (including phenoxy) is 1. The Balaban J connectivity index is 1.45. The van der Waals surface area contributed by atoms with E-state index in [4.69, 9.17) is 4.74 Å². The summed E-state index contributed by atoms with van der Waals surface area (Å²) in [5, 5.41) is 5.59. The predicted octanol–water partition coefficient (Wildman–Crippen LogP) is 3.94. The highest BCUT2D eigenvalue weighted by Crippen LogP contribution is 2.29. The summed E-state index contributed by atoms with van der Waals surface area (Å²) in [4.78, 5) is 16.2. The van der Waals surface area contributed by atoms with Crippen LogP contribution in [0.4, 0.5) is 4.79 Å². The van der Waals surface area contributed by atoms with Gasteiger partial charge in [-0.1, -0.05) is 54.6 Å². The topological polar surface area (TPSA) is 63.2 Å². The second kappa shape index (κ2) is 9.38. The fraction of sp³-hybridized carbons (Fsp3) is 0.182. The molecule has 0 aliphatic carbocycles. The van der Waals surface area contributed by atoms with E-state index in [1.165, 1.54) is 0 Å². The smallest absolute Gasteiger partial charge is 0.315 e. The van der Waals surface area contributed by atoms with Gasteiger partial charge in [-0.2, -0.15) is 0 Å². The molecule has 0 bridgehead atoms. The first-order chi connectivity index (χ1) is 13.2. The van der Waals surface area contributed by atoms with Crippen LogP contribution in [0.25, 0.3) is 11.1 Å². The molecule has 0 atom stereocenters. The van der Waals surface area contributed by atoms with Gasteiger partial charge in [-0.15, -0.1) is 0 Å². The van der Waals surface area contributed by atoms with Gasteiger partial charge < -0.3 is 15.4 Å². The highest BCUT2D eigenvalue weighted by atomic mass is 16.5. The van der Waals surface area contributed by atoms with Crippen molar-refractivity contribution < 1.29 is 9.53 Å². The van der Waals surface area contributed by atoms with Gasteiger partial charge in [0.05, 0.1) is 18.8 Å². The Morgan fingerprint density at radius 2 is 1.70 bits per heavy atom. The minimum Gasteiger partial charge on any atom is -0.491 e. The van der Waals surface area contributed by atoms with E-state index < -0.39 is 0 Å². The maximum Gasteiger partial charge on any atom is 0.315 e. The molecule has 5 nitrogen and oxygen atoms in total. The van der Waals surface area contributed by atoms with Crippen LogP contribution < -0.4 is 15.4 Å². The molecule has 3 aromatic rings. The fourth-order valence-electron chi connectivity index (χ4n) is 2.71. The molecule has 0 aliphatic heterocycles. The Morgan fingerprint density at radius 1 is 0.926 bits per heavy atom. The Hall–Kier alpha value is -3.34. The molecule has 27 heavy (non-hydrogen) atoms.